The lowest BCUT2D eigenvalue weighted by Crippen LogP contribution is -2.40. The summed E-state index contributed by atoms with van der Waals surface area (Å²) in [4.78, 5) is 4.57. The number of aliphatic imine (C=N–C) groups is 1. The Labute approximate surface area is 144 Å². The third-order valence-corrected chi connectivity index (χ3v) is 2.86. The van der Waals surface area contributed by atoms with Crippen LogP contribution in [0.1, 0.15) is 31.9 Å². The van der Waals surface area contributed by atoms with Gasteiger partial charge < -0.3 is 10.6 Å². The largest absolute Gasteiger partial charge is 0.383 e. The Bertz CT molecular complexity index is 692. The van der Waals surface area contributed by atoms with Crippen molar-refractivity contribution >= 4 is 21.7 Å². The SMILES string of the molecule is CS(=O)(=O)O.Cc1ccc(C2=CC(NC(C)(C)C)=NCCN2)cc1. The van der Waals surface area contributed by atoms with Crippen molar-refractivity contribution in [1.82, 2.24) is 10.6 Å². The fourth-order valence-electron chi connectivity index (χ4n) is 1.98. The van der Waals surface area contributed by atoms with Crippen molar-refractivity contribution in [2.24, 2.45) is 4.99 Å². The van der Waals surface area contributed by atoms with Crippen LogP contribution in [0.2, 0.25) is 0 Å². The van der Waals surface area contributed by atoms with E-state index in [4.69, 9.17) is 4.55 Å². The fraction of sp³-hybridized carbons (Fsp3) is 0.471. The van der Waals surface area contributed by atoms with Crippen LogP contribution in [0, 0.1) is 6.92 Å². The van der Waals surface area contributed by atoms with Crippen molar-refractivity contribution in [1.29, 1.82) is 0 Å². The summed E-state index contributed by atoms with van der Waals surface area (Å²) in [7, 11) is -3.67. The van der Waals surface area contributed by atoms with Crippen LogP contribution in [0.5, 0.6) is 0 Å². The van der Waals surface area contributed by atoms with Gasteiger partial charge in [0, 0.05) is 23.9 Å². The van der Waals surface area contributed by atoms with Gasteiger partial charge in [0.15, 0.2) is 0 Å². The first-order valence-electron chi connectivity index (χ1n) is 7.72. The number of nitrogens with zero attached hydrogens (tertiary/aromatic N) is 1. The Morgan fingerprint density at radius 2 is 1.75 bits per heavy atom. The standard InChI is InChI=1S/C16H23N3.CH4O3S/c1-12-5-7-13(8-6-12)14-11-15(18-10-9-17-14)19-16(2,3)4;1-5(2,3)4/h5-8,11,17H,9-10H2,1-4H3,(H,18,19);1H3,(H,2,3,4). The van der Waals surface area contributed by atoms with Crippen molar-refractivity contribution in [3.05, 3.63) is 41.5 Å². The molecule has 1 aromatic carbocycles. The van der Waals surface area contributed by atoms with Crippen LogP contribution in [0.3, 0.4) is 0 Å². The van der Waals surface area contributed by atoms with Gasteiger partial charge >= 0.3 is 0 Å². The summed E-state index contributed by atoms with van der Waals surface area (Å²) >= 11 is 0. The van der Waals surface area contributed by atoms with Crippen LogP contribution >= 0.6 is 0 Å². The highest BCUT2D eigenvalue weighted by Gasteiger charge is 2.13. The maximum Gasteiger partial charge on any atom is 0.261 e. The van der Waals surface area contributed by atoms with Gasteiger partial charge in [-0.3, -0.25) is 9.55 Å². The molecule has 0 spiro atoms. The van der Waals surface area contributed by atoms with E-state index >= 15 is 0 Å². The first-order chi connectivity index (χ1) is 10.9. The molecular formula is C17H27N3O3S. The molecule has 0 fully saturated rings. The summed E-state index contributed by atoms with van der Waals surface area (Å²) < 4.78 is 25.9. The van der Waals surface area contributed by atoms with E-state index < -0.39 is 10.1 Å². The average Bonchev–Trinajstić information content (AvgIpc) is 2.61. The molecule has 7 heteroatoms. The summed E-state index contributed by atoms with van der Waals surface area (Å²) in [6.45, 7) is 10.2. The number of hydrogen-bond donors (Lipinski definition) is 3. The maximum atomic E-state index is 9.19. The summed E-state index contributed by atoms with van der Waals surface area (Å²) in [5, 5.41) is 6.88. The summed E-state index contributed by atoms with van der Waals surface area (Å²) in [6, 6.07) is 8.57. The van der Waals surface area contributed by atoms with Crippen LogP contribution in [0.25, 0.3) is 5.70 Å². The summed E-state index contributed by atoms with van der Waals surface area (Å²) in [5.74, 6) is 0.952. The van der Waals surface area contributed by atoms with Crippen molar-refractivity contribution in [2.75, 3.05) is 19.3 Å². The molecule has 0 bridgehead atoms. The summed E-state index contributed by atoms with van der Waals surface area (Å²) in [6.07, 6.45) is 2.82. The Hall–Kier alpha value is -1.86. The molecule has 2 rings (SSSR count). The molecule has 0 unspecified atom stereocenters. The first-order valence-corrected chi connectivity index (χ1v) is 9.56. The molecule has 1 aliphatic heterocycles. The smallest absolute Gasteiger partial charge is 0.261 e. The van der Waals surface area contributed by atoms with Crippen LogP contribution in [-0.2, 0) is 10.1 Å². The molecule has 24 heavy (non-hydrogen) atoms. The fourth-order valence-corrected chi connectivity index (χ4v) is 1.98. The van der Waals surface area contributed by atoms with Crippen LogP contribution in [0.4, 0.5) is 0 Å². The zero-order valence-electron chi connectivity index (χ0n) is 14.9. The molecular weight excluding hydrogens is 326 g/mol. The van der Waals surface area contributed by atoms with Gasteiger partial charge in [-0.25, -0.2) is 0 Å². The van der Waals surface area contributed by atoms with E-state index in [0.29, 0.717) is 6.26 Å². The molecule has 134 valence electrons. The zero-order chi connectivity index (χ0) is 18.4. The highest BCUT2D eigenvalue weighted by Crippen LogP contribution is 2.14. The van der Waals surface area contributed by atoms with Crippen LogP contribution in [0.15, 0.2) is 35.3 Å². The molecule has 0 atom stereocenters. The minimum Gasteiger partial charge on any atom is -0.383 e. The lowest BCUT2D eigenvalue weighted by molar-refractivity contribution is 0.490. The van der Waals surface area contributed by atoms with Crippen molar-refractivity contribution < 1.29 is 13.0 Å². The molecule has 1 aromatic rings. The van der Waals surface area contributed by atoms with Gasteiger partial charge in [0.05, 0.1) is 12.8 Å². The molecule has 0 saturated heterocycles. The third-order valence-electron chi connectivity index (χ3n) is 2.86. The lowest BCUT2D eigenvalue weighted by Gasteiger charge is -2.22. The van der Waals surface area contributed by atoms with E-state index in [9.17, 15) is 8.42 Å². The minimum atomic E-state index is -3.67. The molecule has 0 aromatic heterocycles. The molecule has 0 aliphatic carbocycles. The monoisotopic (exact) mass is 353 g/mol. The molecule has 0 radical (unpaired) electrons. The lowest BCUT2D eigenvalue weighted by atomic mass is 10.1. The molecule has 6 nitrogen and oxygen atoms in total. The Morgan fingerprint density at radius 1 is 1.21 bits per heavy atom. The minimum absolute atomic E-state index is 0.0259. The van der Waals surface area contributed by atoms with Gasteiger partial charge in [-0.1, -0.05) is 29.8 Å². The number of rotatable bonds is 1. The van der Waals surface area contributed by atoms with Crippen LogP contribution < -0.4 is 10.6 Å². The van der Waals surface area contributed by atoms with Gasteiger partial charge in [-0.2, -0.15) is 8.42 Å². The van der Waals surface area contributed by atoms with E-state index in [0.717, 1.165) is 24.6 Å². The molecule has 3 N–H and O–H groups in total. The predicted molar refractivity (Wildman–Crippen MR) is 99.8 cm³/mol. The van der Waals surface area contributed by atoms with E-state index in [1.165, 1.54) is 11.1 Å². The van der Waals surface area contributed by atoms with Crippen molar-refractivity contribution in [2.45, 2.75) is 33.2 Å². The topological polar surface area (TPSA) is 90.8 Å². The number of benzene rings is 1. The maximum absolute atomic E-state index is 9.19. The Balaban J connectivity index is 0.000000505. The Morgan fingerprint density at radius 3 is 2.25 bits per heavy atom. The average molecular weight is 353 g/mol. The van der Waals surface area contributed by atoms with E-state index in [1.54, 1.807) is 0 Å². The van der Waals surface area contributed by atoms with E-state index in [2.05, 4.69) is 73.7 Å². The van der Waals surface area contributed by atoms with Gasteiger partial charge in [0.1, 0.15) is 5.84 Å². The summed E-state index contributed by atoms with van der Waals surface area (Å²) in [5.41, 5.74) is 3.64. The van der Waals surface area contributed by atoms with E-state index in [-0.39, 0.29) is 5.54 Å². The number of hydrogen-bond acceptors (Lipinski definition) is 5. The second-order valence-corrected chi connectivity index (χ2v) is 8.19. The molecule has 0 amide bonds. The van der Waals surface area contributed by atoms with Crippen LogP contribution in [-0.4, -0.2) is 43.7 Å². The first kappa shape index (κ1) is 20.2. The van der Waals surface area contributed by atoms with E-state index in [1.807, 2.05) is 0 Å². The Kier molecular flexibility index (Phi) is 6.98. The quantitative estimate of drug-likeness (QED) is 0.674. The second-order valence-electron chi connectivity index (χ2n) is 6.73. The molecule has 1 aliphatic rings. The predicted octanol–water partition coefficient (Wildman–Crippen LogP) is 2.23. The normalized spacial score (nSPS) is 15.1. The number of nitrogens with one attached hydrogen (secondary N) is 2. The third kappa shape index (κ3) is 9.32. The van der Waals surface area contributed by atoms with Crippen molar-refractivity contribution in [3.8, 4) is 0 Å². The molecule has 1 heterocycles. The number of amidine groups is 1. The van der Waals surface area contributed by atoms with Crippen molar-refractivity contribution in [3.63, 3.8) is 0 Å². The second kappa shape index (κ2) is 8.30. The highest BCUT2D eigenvalue weighted by molar-refractivity contribution is 7.85. The van der Waals surface area contributed by atoms with Gasteiger partial charge in [-0.15, -0.1) is 0 Å². The number of aryl methyl sites for hydroxylation is 1. The molecule has 0 saturated carbocycles. The van der Waals surface area contributed by atoms with Gasteiger partial charge in [0.25, 0.3) is 10.1 Å². The highest BCUT2D eigenvalue weighted by atomic mass is 32.2. The zero-order valence-corrected chi connectivity index (χ0v) is 15.7. The van der Waals surface area contributed by atoms with Gasteiger partial charge in [0.2, 0.25) is 0 Å². The van der Waals surface area contributed by atoms with Gasteiger partial charge in [-0.05, 0) is 33.3 Å².